The first kappa shape index (κ1) is 11.9. The molecule has 0 radical (unpaired) electrons. The van der Waals surface area contributed by atoms with Crippen molar-refractivity contribution in [3.63, 3.8) is 0 Å². The topological polar surface area (TPSA) is 54.4 Å². The zero-order valence-corrected chi connectivity index (χ0v) is 8.98. The number of hydrogen-bond donors (Lipinski definition) is 1. The Morgan fingerprint density at radius 3 is 2.00 bits per heavy atom. The fourth-order valence-corrected chi connectivity index (χ4v) is 1.41. The van der Waals surface area contributed by atoms with E-state index >= 15 is 0 Å². The highest BCUT2D eigenvalue weighted by atomic mass is 32.2. The molecule has 1 unspecified atom stereocenters. The highest BCUT2D eigenvalue weighted by Gasteiger charge is 2.22. The maximum Gasteiger partial charge on any atom is 0.147 e. The lowest BCUT2D eigenvalue weighted by Crippen LogP contribution is -2.28. The molecule has 0 bridgehead atoms. The molecule has 3 nitrogen and oxygen atoms in total. The largest absolute Gasteiger partial charge is 0.393 e. The number of sulfone groups is 1. The summed E-state index contributed by atoms with van der Waals surface area (Å²) < 4.78 is 21.5. The maximum atomic E-state index is 10.8. The molecule has 0 aliphatic carbocycles. The van der Waals surface area contributed by atoms with Gasteiger partial charge in [0.15, 0.2) is 0 Å². The second-order valence-electron chi connectivity index (χ2n) is 4.30. The highest BCUT2D eigenvalue weighted by molar-refractivity contribution is 7.90. The molecule has 0 heterocycles. The molecule has 0 aromatic rings. The first-order valence-corrected chi connectivity index (χ1v) is 6.05. The van der Waals surface area contributed by atoms with Gasteiger partial charge in [0, 0.05) is 6.26 Å². The average Bonchev–Trinajstić information content (AvgIpc) is 1.78. The zero-order chi connectivity index (χ0) is 9.99. The van der Waals surface area contributed by atoms with Crippen LogP contribution in [0.1, 0.15) is 27.2 Å². The van der Waals surface area contributed by atoms with Crippen molar-refractivity contribution in [3.05, 3.63) is 0 Å². The predicted molar refractivity (Wildman–Crippen MR) is 49.8 cm³/mol. The van der Waals surface area contributed by atoms with Gasteiger partial charge in [-0.2, -0.15) is 0 Å². The van der Waals surface area contributed by atoms with Gasteiger partial charge in [-0.15, -0.1) is 0 Å². The van der Waals surface area contributed by atoms with Crippen LogP contribution in [0, 0.1) is 5.41 Å². The van der Waals surface area contributed by atoms with E-state index in [0.717, 1.165) is 0 Å². The SMILES string of the molecule is CC(C)(C)C(O)CCS(C)(=O)=O. The Labute approximate surface area is 74.7 Å². The Bertz CT molecular complexity index is 223. The van der Waals surface area contributed by atoms with Gasteiger partial charge in [-0.05, 0) is 11.8 Å². The standard InChI is InChI=1S/C8H18O3S/c1-8(2,3)7(9)5-6-12(4,10)11/h7,9H,5-6H2,1-4H3. The average molecular weight is 194 g/mol. The van der Waals surface area contributed by atoms with Crippen LogP contribution in [0.5, 0.6) is 0 Å². The van der Waals surface area contributed by atoms with Crippen LogP contribution < -0.4 is 0 Å². The van der Waals surface area contributed by atoms with Gasteiger partial charge in [0.2, 0.25) is 0 Å². The zero-order valence-electron chi connectivity index (χ0n) is 8.16. The maximum absolute atomic E-state index is 10.8. The van der Waals surface area contributed by atoms with Crippen LogP contribution in [-0.4, -0.2) is 31.6 Å². The Kier molecular flexibility index (Phi) is 3.72. The van der Waals surface area contributed by atoms with Crippen LogP contribution in [0.15, 0.2) is 0 Å². The molecule has 0 fully saturated rings. The third-order valence-corrected chi connectivity index (χ3v) is 2.74. The van der Waals surface area contributed by atoms with Crippen molar-refractivity contribution in [2.75, 3.05) is 12.0 Å². The summed E-state index contributed by atoms with van der Waals surface area (Å²) in [7, 11) is -2.94. The van der Waals surface area contributed by atoms with Crippen LogP contribution in [0.25, 0.3) is 0 Å². The molecule has 0 spiro atoms. The fourth-order valence-electron chi connectivity index (χ4n) is 0.759. The van der Waals surface area contributed by atoms with E-state index in [9.17, 15) is 13.5 Å². The van der Waals surface area contributed by atoms with E-state index in [1.165, 1.54) is 6.26 Å². The van der Waals surface area contributed by atoms with E-state index in [-0.39, 0.29) is 11.2 Å². The lowest BCUT2D eigenvalue weighted by atomic mass is 9.88. The lowest BCUT2D eigenvalue weighted by Gasteiger charge is -2.25. The molecule has 0 aromatic heterocycles. The number of rotatable bonds is 3. The van der Waals surface area contributed by atoms with Gasteiger partial charge < -0.3 is 5.11 Å². The van der Waals surface area contributed by atoms with Crippen molar-refractivity contribution in [3.8, 4) is 0 Å². The molecule has 4 heteroatoms. The second-order valence-corrected chi connectivity index (χ2v) is 6.56. The molecular formula is C8H18O3S. The Balaban J connectivity index is 3.97. The summed E-state index contributed by atoms with van der Waals surface area (Å²) in [6.07, 6.45) is 0.956. The quantitative estimate of drug-likeness (QED) is 0.724. The summed E-state index contributed by atoms with van der Waals surface area (Å²) in [5.41, 5.74) is -0.231. The van der Waals surface area contributed by atoms with E-state index in [0.29, 0.717) is 6.42 Å². The Morgan fingerprint density at radius 2 is 1.75 bits per heavy atom. The summed E-state index contributed by atoms with van der Waals surface area (Å²) >= 11 is 0. The summed E-state index contributed by atoms with van der Waals surface area (Å²) in [6.45, 7) is 5.67. The predicted octanol–water partition coefficient (Wildman–Crippen LogP) is 0.828. The first-order valence-electron chi connectivity index (χ1n) is 3.99. The summed E-state index contributed by atoms with van der Waals surface area (Å²) in [6, 6.07) is 0. The summed E-state index contributed by atoms with van der Waals surface area (Å²) in [5, 5.41) is 9.48. The normalized spacial score (nSPS) is 16.1. The second kappa shape index (κ2) is 3.75. The van der Waals surface area contributed by atoms with Crippen molar-refractivity contribution in [1.29, 1.82) is 0 Å². The fraction of sp³-hybridized carbons (Fsp3) is 1.00. The van der Waals surface area contributed by atoms with Gasteiger partial charge in [-0.1, -0.05) is 20.8 Å². The number of hydrogen-bond acceptors (Lipinski definition) is 3. The molecule has 1 N–H and O–H groups in total. The van der Waals surface area contributed by atoms with Crippen LogP contribution in [0.4, 0.5) is 0 Å². The van der Waals surface area contributed by atoms with Crippen LogP contribution in [0.2, 0.25) is 0 Å². The molecule has 0 rings (SSSR count). The van der Waals surface area contributed by atoms with Crippen LogP contribution in [-0.2, 0) is 9.84 Å². The monoisotopic (exact) mass is 194 g/mol. The van der Waals surface area contributed by atoms with Crippen molar-refractivity contribution in [1.82, 2.24) is 0 Å². The molecule has 0 aliphatic heterocycles. The van der Waals surface area contributed by atoms with Gasteiger partial charge in [-0.25, -0.2) is 8.42 Å². The minimum Gasteiger partial charge on any atom is -0.393 e. The molecule has 0 aliphatic rings. The van der Waals surface area contributed by atoms with Gasteiger partial charge >= 0.3 is 0 Å². The van der Waals surface area contributed by atoms with E-state index in [2.05, 4.69) is 0 Å². The van der Waals surface area contributed by atoms with Crippen molar-refractivity contribution in [2.24, 2.45) is 5.41 Å². The van der Waals surface area contributed by atoms with E-state index in [1.54, 1.807) is 0 Å². The van der Waals surface area contributed by atoms with Gasteiger partial charge in [0.25, 0.3) is 0 Å². The Hall–Kier alpha value is -0.0900. The highest BCUT2D eigenvalue weighted by Crippen LogP contribution is 2.21. The number of aliphatic hydroxyl groups excluding tert-OH is 1. The van der Waals surface area contributed by atoms with Gasteiger partial charge in [-0.3, -0.25) is 0 Å². The first-order chi connectivity index (χ1) is 5.13. The molecule has 12 heavy (non-hydrogen) atoms. The third-order valence-electron chi connectivity index (χ3n) is 1.76. The van der Waals surface area contributed by atoms with Crippen LogP contribution >= 0.6 is 0 Å². The molecular weight excluding hydrogens is 176 g/mol. The lowest BCUT2D eigenvalue weighted by molar-refractivity contribution is 0.0607. The summed E-state index contributed by atoms with van der Waals surface area (Å²) in [4.78, 5) is 0. The third kappa shape index (κ3) is 5.55. The number of aliphatic hydroxyl groups is 1. The molecule has 74 valence electrons. The molecule has 1 atom stereocenters. The van der Waals surface area contributed by atoms with E-state index < -0.39 is 15.9 Å². The van der Waals surface area contributed by atoms with Crippen molar-refractivity contribution >= 4 is 9.84 Å². The van der Waals surface area contributed by atoms with Crippen LogP contribution in [0.3, 0.4) is 0 Å². The minimum absolute atomic E-state index is 0.0609. The van der Waals surface area contributed by atoms with Gasteiger partial charge in [0.1, 0.15) is 9.84 Å². The van der Waals surface area contributed by atoms with Crippen molar-refractivity contribution in [2.45, 2.75) is 33.3 Å². The van der Waals surface area contributed by atoms with Gasteiger partial charge in [0.05, 0.1) is 11.9 Å². The molecule has 0 aromatic carbocycles. The van der Waals surface area contributed by atoms with E-state index in [4.69, 9.17) is 0 Å². The molecule has 0 saturated carbocycles. The van der Waals surface area contributed by atoms with Crippen molar-refractivity contribution < 1.29 is 13.5 Å². The minimum atomic E-state index is -2.94. The van der Waals surface area contributed by atoms with E-state index in [1.807, 2.05) is 20.8 Å². The Morgan fingerprint density at radius 1 is 1.33 bits per heavy atom. The molecule has 0 saturated heterocycles. The smallest absolute Gasteiger partial charge is 0.147 e. The molecule has 0 amide bonds. The summed E-state index contributed by atoms with van der Waals surface area (Å²) in [5.74, 6) is 0.0609.